The average Bonchev–Trinajstić information content (AvgIpc) is 2.93. The lowest BCUT2D eigenvalue weighted by molar-refractivity contribution is -0.314. The molecule has 0 radical (unpaired) electrons. The van der Waals surface area contributed by atoms with Gasteiger partial charge in [-0.2, -0.15) is 0 Å². The maximum Gasteiger partial charge on any atom is 0.162 e. The van der Waals surface area contributed by atoms with Crippen molar-refractivity contribution in [2.75, 3.05) is 0 Å². The molecule has 2 unspecified atom stereocenters. The lowest BCUT2D eigenvalue weighted by atomic mass is 9.70. The van der Waals surface area contributed by atoms with Crippen LogP contribution in [0, 0.1) is 11.8 Å². The van der Waals surface area contributed by atoms with E-state index in [0.717, 1.165) is 5.32 Å². The molecule has 24 heavy (non-hydrogen) atoms. The molecule has 2 heterocycles. The average molecular weight is 370 g/mol. The molecule has 1 aliphatic heterocycles. The third-order valence-corrected chi connectivity index (χ3v) is 9.98. The van der Waals surface area contributed by atoms with Crippen LogP contribution in [0.1, 0.15) is 13.3 Å². The number of carboxylic acid groups (broad SMARTS) is 1. The van der Waals surface area contributed by atoms with Crippen LogP contribution in [0.3, 0.4) is 0 Å². The van der Waals surface area contributed by atoms with Crippen LogP contribution in [-0.4, -0.2) is 53.2 Å². The maximum absolute atomic E-state index is 12.8. The zero-order chi connectivity index (χ0) is 18.1. The highest BCUT2D eigenvalue weighted by Crippen LogP contribution is 2.53. The van der Waals surface area contributed by atoms with Crippen molar-refractivity contribution >= 4 is 35.0 Å². The highest BCUT2D eigenvalue weighted by molar-refractivity contribution is 7.94. The normalized spacial score (nSPS) is 34.7. The number of carboxylic acids is 1. The number of fused-ring (bicyclic) bond motifs is 1. The van der Waals surface area contributed by atoms with Crippen LogP contribution < -0.4 is 10.4 Å². The molecular formula is C14H20N3O5SSi-. The van der Waals surface area contributed by atoms with Gasteiger partial charge in [-0.25, -0.2) is 8.42 Å². The van der Waals surface area contributed by atoms with Gasteiger partial charge in [-0.1, -0.05) is 24.9 Å². The van der Waals surface area contributed by atoms with Gasteiger partial charge in [0.1, 0.15) is 13.9 Å². The predicted octanol–water partition coefficient (Wildman–Crippen LogP) is -1.67. The van der Waals surface area contributed by atoms with Crippen LogP contribution in [0.2, 0.25) is 19.6 Å². The molecule has 132 valence electrons. The van der Waals surface area contributed by atoms with Gasteiger partial charge in [0.25, 0.3) is 0 Å². The van der Waals surface area contributed by atoms with E-state index in [1.165, 1.54) is 11.6 Å². The zero-order valence-electron chi connectivity index (χ0n) is 14.0. The van der Waals surface area contributed by atoms with E-state index in [0.29, 0.717) is 0 Å². The Hall–Kier alpha value is -1.55. The lowest BCUT2D eigenvalue weighted by Gasteiger charge is -2.33. The van der Waals surface area contributed by atoms with Crippen molar-refractivity contribution in [3.63, 3.8) is 0 Å². The van der Waals surface area contributed by atoms with Gasteiger partial charge in [-0.3, -0.25) is 9.48 Å². The van der Waals surface area contributed by atoms with E-state index in [2.05, 4.69) is 30.0 Å². The van der Waals surface area contributed by atoms with E-state index in [4.69, 9.17) is 0 Å². The van der Waals surface area contributed by atoms with Gasteiger partial charge in [-0.15, -0.1) is 5.10 Å². The minimum atomic E-state index is -3.80. The molecule has 0 amide bonds. The van der Waals surface area contributed by atoms with Gasteiger partial charge >= 0.3 is 0 Å². The van der Waals surface area contributed by atoms with Gasteiger partial charge in [-0.05, 0) is 6.92 Å². The van der Waals surface area contributed by atoms with E-state index in [1.807, 2.05) is 0 Å². The Morgan fingerprint density at radius 1 is 1.46 bits per heavy atom. The fraction of sp³-hybridized carbons (Fsp3) is 0.714. The first-order valence-corrected chi connectivity index (χ1v) is 12.8. The molecule has 1 saturated heterocycles. The second kappa shape index (κ2) is 4.98. The standard InChI is InChI=1S/C14H21N3O5SSi/c1-14(7-17-6-10(15-16-17)24(2,3)4)12(13(19)20)11-8(18)5-9(11)23(14,21)22/h6,9,11-12H,5,7H2,1-4H3,(H,19,20)/p-1/t9?,11?,12-,14-/m0/s1. The highest BCUT2D eigenvalue weighted by atomic mass is 32.2. The van der Waals surface area contributed by atoms with Gasteiger partial charge in [0.05, 0.1) is 21.9 Å². The Morgan fingerprint density at radius 2 is 2.08 bits per heavy atom. The molecule has 0 N–H and O–H groups in total. The summed E-state index contributed by atoms with van der Waals surface area (Å²) in [5.41, 5.74) is 0. The highest BCUT2D eigenvalue weighted by Gasteiger charge is 2.69. The minimum Gasteiger partial charge on any atom is -0.550 e. The summed E-state index contributed by atoms with van der Waals surface area (Å²) in [5.74, 6) is -4.16. The quantitative estimate of drug-likeness (QED) is 0.581. The molecule has 2 fully saturated rings. The van der Waals surface area contributed by atoms with E-state index >= 15 is 0 Å². The van der Waals surface area contributed by atoms with Crippen LogP contribution in [-0.2, 0) is 26.0 Å². The Kier molecular flexibility index (Phi) is 3.58. The second-order valence-corrected chi connectivity index (χ2v) is 15.6. The molecule has 1 aromatic heterocycles. The summed E-state index contributed by atoms with van der Waals surface area (Å²) in [4.78, 5) is 23.4. The SMILES string of the molecule is C[C@]1(Cn2cc([Si](C)(C)C)nn2)[C@H](C(=O)[O-])C2C(=O)CC2S1(=O)=O. The topological polar surface area (TPSA) is 122 Å². The van der Waals surface area contributed by atoms with Crippen molar-refractivity contribution in [2.45, 2.75) is 49.5 Å². The van der Waals surface area contributed by atoms with Crippen LogP contribution >= 0.6 is 0 Å². The van der Waals surface area contributed by atoms with Crippen molar-refractivity contribution in [1.82, 2.24) is 15.0 Å². The summed E-state index contributed by atoms with van der Waals surface area (Å²) < 4.78 is 25.5. The Bertz CT molecular complexity index is 828. The Morgan fingerprint density at radius 3 is 2.54 bits per heavy atom. The molecule has 3 rings (SSSR count). The Balaban J connectivity index is 2.02. The number of carbonyl (C=O) groups excluding carboxylic acids is 2. The minimum absolute atomic E-state index is 0.107. The summed E-state index contributed by atoms with van der Waals surface area (Å²) in [6.45, 7) is 7.48. The van der Waals surface area contributed by atoms with Crippen molar-refractivity contribution in [2.24, 2.45) is 11.8 Å². The molecule has 8 nitrogen and oxygen atoms in total. The summed E-state index contributed by atoms with van der Waals surface area (Å²) in [5, 5.41) is 19.6. The first-order valence-electron chi connectivity index (χ1n) is 7.77. The van der Waals surface area contributed by atoms with Crippen LogP contribution in [0.5, 0.6) is 0 Å². The van der Waals surface area contributed by atoms with Crippen molar-refractivity contribution in [3.05, 3.63) is 6.20 Å². The number of Topliss-reactive ketones (excluding diaryl/α,β-unsaturated/α-hetero) is 1. The molecule has 10 heteroatoms. The molecular weight excluding hydrogens is 350 g/mol. The third kappa shape index (κ3) is 2.19. The molecule has 1 aromatic rings. The zero-order valence-corrected chi connectivity index (χ0v) is 15.8. The molecule has 1 saturated carbocycles. The monoisotopic (exact) mass is 370 g/mol. The van der Waals surface area contributed by atoms with E-state index in [9.17, 15) is 23.1 Å². The van der Waals surface area contributed by atoms with Crippen LogP contribution in [0.25, 0.3) is 0 Å². The molecule has 0 bridgehead atoms. The largest absolute Gasteiger partial charge is 0.550 e. The number of ketones is 1. The van der Waals surface area contributed by atoms with Crippen molar-refractivity contribution in [3.8, 4) is 0 Å². The number of sulfone groups is 1. The smallest absolute Gasteiger partial charge is 0.162 e. The fourth-order valence-electron chi connectivity index (χ4n) is 3.74. The lowest BCUT2D eigenvalue weighted by Crippen LogP contribution is -2.51. The molecule has 2 aliphatic rings. The fourth-order valence-corrected chi connectivity index (χ4v) is 7.30. The van der Waals surface area contributed by atoms with Gasteiger partial charge < -0.3 is 9.90 Å². The van der Waals surface area contributed by atoms with Gasteiger partial charge in [0.15, 0.2) is 9.84 Å². The molecule has 0 spiro atoms. The van der Waals surface area contributed by atoms with Crippen molar-refractivity contribution in [1.29, 1.82) is 0 Å². The van der Waals surface area contributed by atoms with E-state index in [1.54, 1.807) is 6.20 Å². The molecule has 4 atom stereocenters. The van der Waals surface area contributed by atoms with E-state index < -0.39 is 45.7 Å². The van der Waals surface area contributed by atoms with Crippen LogP contribution in [0.15, 0.2) is 6.20 Å². The number of aromatic nitrogens is 3. The first kappa shape index (κ1) is 17.3. The van der Waals surface area contributed by atoms with Gasteiger partial charge in [0, 0.05) is 30.4 Å². The van der Waals surface area contributed by atoms with Crippen LogP contribution in [0.4, 0.5) is 0 Å². The second-order valence-electron chi connectivity index (χ2n) is 7.94. The number of aliphatic carboxylic acids is 1. The number of hydrogen-bond donors (Lipinski definition) is 0. The number of carbonyl (C=O) groups is 2. The summed E-state index contributed by atoms with van der Waals surface area (Å²) in [6, 6.07) is 0. The molecule has 0 aromatic carbocycles. The summed E-state index contributed by atoms with van der Waals surface area (Å²) in [7, 11) is -5.52. The first-order chi connectivity index (χ1) is 10.9. The molecule has 1 aliphatic carbocycles. The number of rotatable bonds is 4. The summed E-state index contributed by atoms with van der Waals surface area (Å²) >= 11 is 0. The Labute approximate surface area is 141 Å². The van der Waals surface area contributed by atoms with E-state index in [-0.39, 0.29) is 18.7 Å². The third-order valence-electron chi connectivity index (χ3n) is 5.28. The van der Waals surface area contributed by atoms with Gasteiger partial charge in [0.2, 0.25) is 0 Å². The number of hydrogen-bond acceptors (Lipinski definition) is 7. The predicted molar refractivity (Wildman–Crippen MR) is 85.7 cm³/mol. The number of nitrogens with zero attached hydrogens (tertiary/aromatic N) is 3. The summed E-state index contributed by atoms with van der Waals surface area (Å²) in [6.07, 6.45) is 1.57. The maximum atomic E-state index is 12.8. The van der Waals surface area contributed by atoms with Crippen molar-refractivity contribution < 1.29 is 23.1 Å².